The van der Waals surface area contributed by atoms with Crippen molar-refractivity contribution in [3.63, 3.8) is 0 Å². The van der Waals surface area contributed by atoms with E-state index in [1.807, 2.05) is 0 Å². The predicted octanol–water partition coefficient (Wildman–Crippen LogP) is 3.02. The highest BCUT2D eigenvalue weighted by atomic mass is 79.9. The molecule has 2 rings (SSSR count). The second-order valence-electron chi connectivity index (χ2n) is 4.45. The van der Waals surface area contributed by atoms with Crippen LogP contribution < -0.4 is 4.72 Å². The van der Waals surface area contributed by atoms with Gasteiger partial charge in [-0.15, -0.1) is 0 Å². The Hall–Kier alpha value is -1.93. The van der Waals surface area contributed by atoms with Crippen molar-refractivity contribution in [2.24, 2.45) is 0 Å². The van der Waals surface area contributed by atoms with Gasteiger partial charge in [0.15, 0.2) is 0 Å². The van der Waals surface area contributed by atoms with E-state index >= 15 is 0 Å². The average molecular weight is 388 g/mol. The second-order valence-corrected chi connectivity index (χ2v) is 6.99. The molecule has 5 nitrogen and oxygen atoms in total. The molecule has 0 spiro atoms. The number of rotatable bonds is 5. The third-order valence-electron chi connectivity index (χ3n) is 2.74. The number of aliphatic carboxylic acids is 1. The van der Waals surface area contributed by atoms with E-state index < -0.39 is 21.8 Å². The number of carbonyl (C=O) groups is 1. The van der Waals surface area contributed by atoms with Crippen molar-refractivity contribution in [3.8, 4) is 0 Å². The van der Waals surface area contributed by atoms with Crippen molar-refractivity contribution in [2.45, 2.75) is 11.3 Å². The highest BCUT2D eigenvalue weighted by molar-refractivity contribution is 9.10. The third-order valence-corrected chi connectivity index (χ3v) is 4.76. The zero-order chi connectivity index (χ0) is 16.3. The van der Waals surface area contributed by atoms with Crippen LogP contribution in [0.1, 0.15) is 5.56 Å². The molecule has 8 heteroatoms. The van der Waals surface area contributed by atoms with Crippen molar-refractivity contribution in [2.75, 3.05) is 4.72 Å². The maximum atomic E-state index is 13.5. The Kier molecular flexibility index (Phi) is 4.82. The van der Waals surface area contributed by atoms with Crippen LogP contribution >= 0.6 is 15.9 Å². The minimum Gasteiger partial charge on any atom is -0.481 e. The number of nitrogens with one attached hydrogen (secondary N) is 1. The van der Waals surface area contributed by atoms with E-state index in [1.54, 1.807) is 6.07 Å². The minimum atomic E-state index is -3.96. The van der Waals surface area contributed by atoms with Gasteiger partial charge in [0.05, 0.1) is 15.8 Å². The molecule has 0 heterocycles. The van der Waals surface area contributed by atoms with Crippen LogP contribution in [-0.4, -0.2) is 19.5 Å². The standard InChI is InChI=1S/C14H11BrFNO4S/c15-12-5-4-11(8-13(12)16)22(20,21)17-10-3-1-2-9(6-10)7-14(18)19/h1-6,8,17H,7H2,(H,18,19). The summed E-state index contributed by atoms with van der Waals surface area (Å²) in [5.74, 6) is -1.71. The van der Waals surface area contributed by atoms with E-state index in [2.05, 4.69) is 20.7 Å². The first kappa shape index (κ1) is 16.4. The first-order valence-electron chi connectivity index (χ1n) is 6.06. The van der Waals surface area contributed by atoms with Gasteiger partial charge in [-0.25, -0.2) is 12.8 Å². The van der Waals surface area contributed by atoms with Crippen LogP contribution in [-0.2, 0) is 21.2 Å². The largest absolute Gasteiger partial charge is 0.481 e. The molecule has 2 aromatic carbocycles. The zero-order valence-electron chi connectivity index (χ0n) is 11.1. The lowest BCUT2D eigenvalue weighted by molar-refractivity contribution is -0.136. The highest BCUT2D eigenvalue weighted by Gasteiger charge is 2.16. The molecule has 0 aliphatic rings. The van der Waals surface area contributed by atoms with Gasteiger partial charge >= 0.3 is 5.97 Å². The molecule has 0 fully saturated rings. The number of anilines is 1. The first-order valence-corrected chi connectivity index (χ1v) is 8.34. The van der Waals surface area contributed by atoms with E-state index in [0.717, 1.165) is 6.07 Å². The van der Waals surface area contributed by atoms with Gasteiger partial charge in [-0.1, -0.05) is 12.1 Å². The second kappa shape index (κ2) is 6.45. The van der Waals surface area contributed by atoms with Gasteiger partial charge in [-0.3, -0.25) is 9.52 Å². The number of hydrogen-bond acceptors (Lipinski definition) is 3. The predicted molar refractivity (Wildman–Crippen MR) is 82.7 cm³/mol. The average Bonchev–Trinajstić information content (AvgIpc) is 2.40. The summed E-state index contributed by atoms with van der Waals surface area (Å²) in [7, 11) is -3.96. The summed E-state index contributed by atoms with van der Waals surface area (Å²) in [6.45, 7) is 0. The van der Waals surface area contributed by atoms with Crippen molar-refractivity contribution in [1.29, 1.82) is 0 Å². The fraction of sp³-hybridized carbons (Fsp3) is 0.0714. The maximum absolute atomic E-state index is 13.5. The topological polar surface area (TPSA) is 83.5 Å². The first-order chi connectivity index (χ1) is 10.3. The minimum absolute atomic E-state index is 0.162. The number of carboxylic acids is 1. The summed E-state index contributed by atoms with van der Waals surface area (Å²) in [6, 6.07) is 9.47. The zero-order valence-corrected chi connectivity index (χ0v) is 13.5. The van der Waals surface area contributed by atoms with Gasteiger partial charge in [0.25, 0.3) is 10.0 Å². The van der Waals surface area contributed by atoms with Crippen LogP contribution in [0, 0.1) is 5.82 Å². The number of sulfonamides is 1. The quantitative estimate of drug-likeness (QED) is 0.825. The lowest BCUT2D eigenvalue weighted by atomic mass is 10.1. The lowest BCUT2D eigenvalue weighted by Crippen LogP contribution is -2.13. The molecule has 0 aliphatic heterocycles. The van der Waals surface area contributed by atoms with Gasteiger partial charge in [-0.2, -0.15) is 0 Å². The van der Waals surface area contributed by atoms with Crippen molar-refractivity contribution < 1.29 is 22.7 Å². The maximum Gasteiger partial charge on any atom is 0.307 e. The fourth-order valence-electron chi connectivity index (χ4n) is 1.78. The van der Waals surface area contributed by atoms with E-state index in [9.17, 15) is 17.6 Å². The summed E-state index contributed by atoms with van der Waals surface area (Å²) in [6.07, 6.45) is -0.220. The smallest absolute Gasteiger partial charge is 0.307 e. The fourth-order valence-corrected chi connectivity index (χ4v) is 3.09. The Labute approximate surface area is 135 Å². The highest BCUT2D eigenvalue weighted by Crippen LogP contribution is 2.22. The van der Waals surface area contributed by atoms with E-state index in [0.29, 0.717) is 5.56 Å². The van der Waals surface area contributed by atoms with Gasteiger partial charge in [-0.05, 0) is 51.8 Å². The molecule has 0 radical (unpaired) electrons. The molecule has 0 aromatic heterocycles. The molecule has 0 atom stereocenters. The van der Waals surface area contributed by atoms with Crippen molar-refractivity contribution >= 4 is 37.6 Å². The molecule has 2 aromatic rings. The molecule has 22 heavy (non-hydrogen) atoms. The molecule has 0 aliphatic carbocycles. The van der Waals surface area contributed by atoms with Crippen LogP contribution in [0.4, 0.5) is 10.1 Å². The molecular formula is C14H11BrFNO4S. The SMILES string of the molecule is O=C(O)Cc1cccc(NS(=O)(=O)c2ccc(Br)c(F)c2)c1. The van der Waals surface area contributed by atoms with Gasteiger partial charge in [0, 0.05) is 5.69 Å². The van der Waals surface area contributed by atoms with Crippen LogP contribution in [0.2, 0.25) is 0 Å². The number of hydrogen-bond donors (Lipinski definition) is 2. The number of benzene rings is 2. The van der Waals surface area contributed by atoms with E-state index in [4.69, 9.17) is 5.11 Å². The molecule has 116 valence electrons. The molecule has 2 N–H and O–H groups in total. The lowest BCUT2D eigenvalue weighted by Gasteiger charge is -2.09. The molecular weight excluding hydrogens is 377 g/mol. The molecule has 0 saturated heterocycles. The van der Waals surface area contributed by atoms with Crippen molar-refractivity contribution in [3.05, 3.63) is 58.3 Å². The summed E-state index contributed by atoms with van der Waals surface area (Å²) in [4.78, 5) is 10.4. The summed E-state index contributed by atoms with van der Waals surface area (Å²) in [5, 5.41) is 8.74. The monoisotopic (exact) mass is 387 g/mol. The summed E-state index contributed by atoms with van der Waals surface area (Å²) < 4.78 is 40.3. The third kappa shape index (κ3) is 4.05. The van der Waals surface area contributed by atoms with E-state index in [-0.39, 0.29) is 21.5 Å². The Morgan fingerprint density at radius 1 is 1.23 bits per heavy atom. The Morgan fingerprint density at radius 3 is 2.59 bits per heavy atom. The van der Waals surface area contributed by atoms with Crippen LogP contribution in [0.15, 0.2) is 51.8 Å². The Bertz CT molecular complexity index is 823. The van der Waals surface area contributed by atoms with Crippen LogP contribution in [0.5, 0.6) is 0 Å². The summed E-state index contributed by atoms with van der Waals surface area (Å²) >= 11 is 2.95. The number of carboxylic acid groups (broad SMARTS) is 1. The molecule has 0 amide bonds. The number of halogens is 2. The van der Waals surface area contributed by atoms with E-state index in [1.165, 1.54) is 30.3 Å². The molecule has 0 bridgehead atoms. The van der Waals surface area contributed by atoms with Gasteiger partial charge in [0.1, 0.15) is 5.82 Å². The Balaban J connectivity index is 2.28. The van der Waals surface area contributed by atoms with Gasteiger partial charge in [0.2, 0.25) is 0 Å². The van der Waals surface area contributed by atoms with Crippen LogP contribution in [0.3, 0.4) is 0 Å². The molecule has 0 saturated carbocycles. The van der Waals surface area contributed by atoms with Gasteiger partial charge < -0.3 is 5.11 Å². The Morgan fingerprint density at radius 2 is 1.95 bits per heavy atom. The van der Waals surface area contributed by atoms with Crippen LogP contribution in [0.25, 0.3) is 0 Å². The van der Waals surface area contributed by atoms with Crippen molar-refractivity contribution in [1.82, 2.24) is 0 Å². The molecule has 0 unspecified atom stereocenters. The summed E-state index contributed by atoms with van der Waals surface area (Å²) in [5.41, 5.74) is 0.664. The normalized spacial score (nSPS) is 11.2.